The molecule has 2 aromatic rings. The van der Waals surface area contributed by atoms with Crippen LogP contribution >= 0.6 is 0 Å². The molecule has 2 heterocycles. The van der Waals surface area contributed by atoms with E-state index in [1.165, 1.54) is 5.56 Å². The Bertz CT molecular complexity index is 669. The van der Waals surface area contributed by atoms with Crippen molar-refractivity contribution in [1.82, 2.24) is 19.6 Å². The summed E-state index contributed by atoms with van der Waals surface area (Å²) in [6, 6.07) is 12.4. The lowest BCUT2D eigenvalue weighted by molar-refractivity contribution is -0.118. The van der Waals surface area contributed by atoms with E-state index in [4.69, 9.17) is 0 Å². The Hall–Kier alpha value is -2.18. The highest BCUT2D eigenvalue weighted by molar-refractivity contribution is 5.91. The molecule has 1 aliphatic rings. The average molecular weight is 327 g/mol. The van der Waals surface area contributed by atoms with Gasteiger partial charge in [-0.25, -0.2) is 0 Å². The Morgan fingerprint density at radius 3 is 2.79 bits per heavy atom. The first-order valence-electron chi connectivity index (χ1n) is 8.40. The third-order valence-corrected chi connectivity index (χ3v) is 4.41. The van der Waals surface area contributed by atoms with Crippen LogP contribution < -0.4 is 5.32 Å². The monoisotopic (exact) mass is 327 g/mol. The number of carbonyl (C=O) groups is 1. The summed E-state index contributed by atoms with van der Waals surface area (Å²) in [5.41, 5.74) is 1.18. The molecule has 0 radical (unpaired) electrons. The van der Waals surface area contributed by atoms with Gasteiger partial charge in [-0.2, -0.15) is 5.10 Å². The number of anilines is 1. The molecule has 1 atom stereocenters. The Balaban J connectivity index is 1.52. The minimum absolute atomic E-state index is 0.00337. The van der Waals surface area contributed by atoms with Crippen molar-refractivity contribution in [2.24, 2.45) is 0 Å². The van der Waals surface area contributed by atoms with Gasteiger partial charge in [-0.15, -0.1) is 0 Å². The molecule has 6 heteroatoms. The maximum absolute atomic E-state index is 12.3. The van der Waals surface area contributed by atoms with Gasteiger partial charge < -0.3 is 10.2 Å². The van der Waals surface area contributed by atoms with Gasteiger partial charge in [0.1, 0.15) is 0 Å². The fourth-order valence-electron chi connectivity index (χ4n) is 3.07. The van der Waals surface area contributed by atoms with Gasteiger partial charge in [-0.05, 0) is 19.5 Å². The summed E-state index contributed by atoms with van der Waals surface area (Å²) >= 11 is 0. The van der Waals surface area contributed by atoms with E-state index in [0.717, 1.165) is 19.6 Å². The van der Waals surface area contributed by atoms with Crippen LogP contribution in [-0.2, 0) is 11.3 Å². The van der Waals surface area contributed by atoms with Crippen LogP contribution in [0.25, 0.3) is 0 Å². The molecule has 0 spiro atoms. The maximum atomic E-state index is 12.3. The number of amides is 1. The van der Waals surface area contributed by atoms with Gasteiger partial charge in [0, 0.05) is 37.9 Å². The van der Waals surface area contributed by atoms with Crippen molar-refractivity contribution in [3.05, 3.63) is 48.2 Å². The topological polar surface area (TPSA) is 53.4 Å². The highest BCUT2D eigenvalue weighted by Crippen LogP contribution is 2.09. The van der Waals surface area contributed by atoms with Gasteiger partial charge in [0.05, 0.1) is 13.1 Å². The molecule has 6 nitrogen and oxygen atoms in total. The summed E-state index contributed by atoms with van der Waals surface area (Å²) in [5.74, 6) is 0.606. The van der Waals surface area contributed by atoms with E-state index in [2.05, 4.69) is 46.3 Å². The van der Waals surface area contributed by atoms with Crippen molar-refractivity contribution >= 4 is 11.7 Å². The lowest BCUT2D eigenvalue weighted by atomic mass is 10.2. The standard InChI is InChI=1S/C18H25N5O/c1-15-12-21(2)10-11-22(15)14-18(24)19-17-8-9-23(20-17)13-16-6-4-3-5-7-16/h3-9,15H,10-14H2,1-2H3,(H,19,20,24). The number of hydrogen-bond acceptors (Lipinski definition) is 4. The predicted octanol–water partition coefficient (Wildman–Crippen LogP) is 1.51. The number of hydrogen-bond donors (Lipinski definition) is 1. The molecule has 0 aliphatic carbocycles. The van der Waals surface area contributed by atoms with Crippen molar-refractivity contribution in [3.8, 4) is 0 Å². The van der Waals surface area contributed by atoms with Crippen molar-refractivity contribution in [2.45, 2.75) is 19.5 Å². The normalized spacial score (nSPS) is 19.3. The molecular weight excluding hydrogens is 302 g/mol. The molecule has 24 heavy (non-hydrogen) atoms. The van der Waals surface area contributed by atoms with Crippen LogP contribution in [0, 0.1) is 0 Å². The van der Waals surface area contributed by atoms with E-state index in [1.807, 2.05) is 35.1 Å². The number of nitrogens with zero attached hydrogens (tertiary/aromatic N) is 4. The molecule has 0 saturated carbocycles. The molecule has 1 N–H and O–H groups in total. The van der Waals surface area contributed by atoms with Gasteiger partial charge in [0.25, 0.3) is 0 Å². The molecule has 1 fully saturated rings. The number of nitrogens with one attached hydrogen (secondary N) is 1. The molecule has 3 rings (SSSR count). The van der Waals surface area contributed by atoms with Crippen LogP contribution in [0.4, 0.5) is 5.82 Å². The second-order valence-electron chi connectivity index (χ2n) is 6.51. The number of likely N-dealkylation sites (N-methyl/N-ethyl adjacent to an activating group) is 1. The molecule has 128 valence electrons. The Labute approximate surface area is 143 Å². The lowest BCUT2D eigenvalue weighted by Gasteiger charge is -2.37. The number of carbonyl (C=O) groups excluding carboxylic acids is 1. The minimum Gasteiger partial charge on any atom is -0.308 e. The quantitative estimate of drug-likeness (QED) is 0.904. The fraction of sp³-hybridized carbons (Fsp3) is 0.444. The van der Waals surface area contributed by atoms with E-state index < -0.39 is 0 Å². The van der Waals surface area contributed by atoms with Gasteiger partial charge in [0.15, 0.2) is 5.82 Å². The SMILES string of the molecule is CC1CN(C)CCN1CC(=O)Nc1ccn(Cc2ccccc2)n1. The number of rotatable bonds is 5. The summed E-state index contributed by atoms with van der Waals surface area (Å²) in [4.78, 5) is 16.8. The van der Waals surface area contributed by atoms with Gasteiger partial charge in [-0.1, -0.05) is 30.3 Å². The molecule has 1 saturated heterocycles. The number of aromatic nitrogens is 2. The second kappa shape index (κ2) is 7.59. The maximum Gasteiger partial charge on any atom is 0.239 e. The third-order valence-electron chi connectivity index (χ3n) is 4.41. The summed E-state index contributed by atoms with van der Waals surface area (Å²) in [5, 5.41) is 7.33. The van der Waals surface area contributed by atoms with Crippen LogP contribution in [0.15, 0.2) is 42.6 Å². The number of benzene rings is 1. The van der Waals surface area contributed by atoms with Crippen molar-refractivity contribution in [2.75, 3.05) is 38.5 Å². The highest BCUT2D eigenvalue weighted by atomic mass is 16.2. The van der Waals surface area contributed by atoms with Crippen LogP contribution in [0.3, 0.4) is 0 Å². The second-order valence-corrected chi connectivity index (χ2v) is 6.51. The van der Waals surface area contributed by atoms with E-state index >= 15 is 0 Å². The summed E-state index contributed by atoms with van der Waals surface area (Å²) in [6.45, 7) is 6.21. The lowest BCUT2D eigenvalue weighted by Crippen LogP contribution is -2.52. The van der Waals surface area contributed by atoms with Crippen LogP contribution in [0.1, 0.15) is 12.5 Å². The molecule has 1 unspecified atom stereocenters. The van der Waals surface area contributed by atoms with E-state index in [9.17, 15) is 4.79 Å². The minimum atomic E-state index is -0.00337. The first kappa shape index (κ1) is 16.7. The Morgan fingerprint density at radius 2 is 2.04 bits per heavy atom. The first-order valence-corrected chi connectivity index (χ1v) is 8.40. The van der Waals surface area contributed by atoms with Crippen molar-refractivity contribution < 1.29 is 4.79 Å². The predicted molar refractivity (Wildman–Crippen MR) is 94.9 cm³/mol. The third kappa shape index (κ3) is 4.43. The van der Waals surface area contributed by atoms with Crippen molar-refractivity contribution in [1.29, 1.82) is 0 Å². The molecule has 1 aliphatic heterocycles. The van der Waals surface area contributed by atoms with E-state index in [-0.39, 0.29) is 5.91 Å². The van der Waals surface area contributed by atoms with Crippen LogP contribution in [0.5, 0.6) is 0 Å². The number of piperazine rings is 1. The van der Waals surface area contributed by atoms with Gasteiger partial charge in [-0.3, -0.25) is 14.4 Å². The zero-order valence-corrected chi connectivity index (χ0v) is 14.4. The Kier molecular flexibility index (Phi) is 5.27. The molecule has 1 aromatic heterocycles. The van der Waals surface area contributed by atoms with Crippen LogP contribution in [0.2, 0.25) is 0 Å². The van der Waals surface area contributed by atoms with Crippen molar-refractivity contribution in [3.63, 3.8) is 0 Å². The zero-order valence-electron chi connectivity index (χ0n) is 14.4. The average Bonchev–Trinajstić information content (AvgIpc) is 2.98. The largest absolute Gasteiger partial charge is 0.308 e. The molecular formula is C18H25N5O. The first-order chi connectivity index (χ1) is 11.6. The van der Waals surface area contributed by atoms with Gasteiger partial charge in [0.2, 0.25) is 5.91 Å². The summed E-state index contributed by atoms with van der Waals surface area (Å²) in [7, 11) is 2.12. The molecule has 1 aromatic carbocycles. The fourth-order valence-corrected chi connectivity index (χ4v) is 3.07. The van der Waals surface area contributed by atoms with Crippen LogP contribution in [-0.4, -0.2) is 64.8 Å². The van der Waals surface area contributed by atoms with Gasteiger partial charge >= 0.3 is 0 Å². The van der Waals surface area contributed by atoms with E-state index in [0.29, 0.717) is 24.9 Å². The summed E-state index contributed by atoms with van der Waals surface area (Å²) < 4.78 is 1.84. The highest BCUT2D eigenvalue weighted by Gasteiger charge is 2.23. The zero-order chi connectivity index (χ0) is 16.9. The molecule has 0 bridgehead atoms. The van der Waals surface area contributed by atoms with E-state index in [1.54, 1.807) is 0 Å². The molecule has 1 amide bonds. The summed E-state index contributed by atoms with van der Waals surface area (Å²) in [6.07, 6.45) is 1.89. The smallest absolute Gasteiger partial charge is 0.239 e. The Morgan fingerprint density at radius 1 is 1.25 bits per heavy atom.